The van der Waals surface area contributed by atoms with Crippen LogP contribution in [0.25, 0.3) is 0 Å². The number of benzene rings is 1. The molecular weight excluding hydrogens is 276 g/mol. The summed E-state index contributed by atoms with van der Waals surface area (Å²) in [6, 6.07) is 4.20. The van der Waals surface area contributed by atoms with Gasteiger partial charge in [-0.15, -0.1) is 0 Å². The average molecular weight is 290 g/mol. The molecule has 1 heterocycles. The molecular formula is C13H14N4O4. The zero-order valence-electron chi connectivity index (χ0n) is 11.5. The zero-order chi connectivity index (χ0) is 15.4. The van der Waals surface area contributed by atoms with E-state index >= 15 is 0 Å². The summed E-state index contributed by atoms with van der Waals surface area (Å²) in [6.07, 6.45) is 0. The first-order valence-corrected chi connectivity index (χ1v) is 6.14. The van der Waals surface area contributed by atoms with E-state index in [1.807, 2.05) is 0 Å². The first-order chi connectivity index (χ1) is 9.97. The van der Waals surface area contributed by atoms with Gasteiger partial charge in [0.15, 0.2) is 5.82 Å². The zero-order valence-corrected chi connectivity index (χ0v) is 11.5. The number of urea groups is 1. The molecule has 2 aromatic rings. The second-order valence-corrected chi connectivity index (χ2v) is 4.35. The summed E-state index contributed by atoms with van der Waals surface area (Å²) in [7, 11) is 0. The van der Waals surface area contributed by atoms with Crippen LogP contribution < -0.4 is 10.6 Å². The molecule has 0 bridgehead atoms. The minimum Gasteiger partial charge on any atom is -0.478 e. The van der Waals surface area contributed by atoms with Crippen molar-refractivity contribution in [1.82, 2.24) is 15.5 Å². The normalized spacial score (nSPS) is 10.2. The molecule has 2 rings (SSSR count). The Morgan fingerprint density at radius 1 is 1.33 bits per heavy atom. The molecule has 1 aromatic carbocycles. The molecule has 0 saturated heterocycles. The molecule has 8 nitrogen and oxygen atoms in total. The first kappa shape index (κ1) is 14.5. The lowest BCUT2D eigenvalue weighted by Crippen LogP contribution is -2.29. The van der Waals surface area contributed by atoms with Gasteiger partial charge in [-0.2, -0.15) is 4.98 Å². The van der Waals surface area contributed by atoms with Crippen molar-refractivity contribution >= 4 is 17.7 Å². The molecule has 3 N–H and O–H groups in total. The fraction of sp³-hybridized carbons (Fsp3) is 0.231. The van der Waals surface area contributed by atoms with Gasteiger partial charge in [0.2, 0.25) is 5.89 Å². The third-order valence-electron chi connectivity index (χ3n) is 2.71. The van der Waals surface area contributed by atoms with E-state index in [2.05, 4.69) is 20.8 Å². The Bertz CT molecular complexity index is 681. The Labute approximate surface area is 120 Å². The first-order valence-electron chi connectivity index (χ1n) is 6.14. The van der Waals surface area contributed by atoms with Crippen LogP contribution in [0.4, 0.5) is 10.5 Å². The van der Waals surface area contributed by atoms with E-state index in [9.17, 15) is 9.59 Å². The Hall–Kier alpha value is -2.90. The lowest BCUT2D eigenvalue weighted by Gasteiger charge is -2.11. The number of carbonyl (C=O) groups excluding carboxylic acids is 1. The topological polar surface area (TPSA) is 117 Å². The Morgan fingerprint density at radius 2 is 2.10 bits per heavy atom. The van der Waals surface area contributed by atoms with Gasteiger partial charge in [-0.25, -0.2) is 9.59 Å². The monoisotopic (exact) mass is 290 g/mol. The van der Waals surface area contributed by atoms with Crippen LogP contribution in [0, 0.1) is 13.8 Å². The largest absolute Gasteiger partial charge is 0.478 e. The minimum atomic E-state index is -1.11. The number of nitrogens with one attached hydrogen (secondary N) is 2. The van der Waals surface area contributed by atoms with Crippen LogP contribution in [0.15, 0.2) is 22.7 Å². The molecule has 0 radical (unpaired) electrons. The van der Waals surface area contributed by atoms with Crippen molar-refractivity contribution in [3.05, 3.63) is 41.0 Å². The molecule has 0 atom stereocenters. The number of hydrogen-bond donors (Lipinski definition) is 3. The number of aryl methyl sites for hydroxylation is 2. The van der Waals surface area contributed by atoms with Crippen molar-refractivity contribution in [2.75, 3.05) is 5.32 Å². The van der Waals surface area contributed by atoms with E-state index in [0.29, 0.717) is 11.4 Å². The SMILES string of the molecule is Cc1noc(CNC(=O)Nc2c(C)cccc2C(=O)O)n1. The fourth-order valence-electron chi connectivity index (χ4n) is 1.74. The van der Waals surface area contributed by atoms with Gasteiger partial charge in [0.05, 0.1) is 17.8 Å². The number of amides is 2. The van der Waals surface area contributed by atoms with Gasteiger partial charge >= 0.3 is 12.0 Å². The number of carboxylic acid groups (broad SMARTS) is 1. The number of aromatic nitrogens is 2. The van der Waals surface area contributed by atoms with E-state index in [-0.39, 0.29) is 23.7 Å². The molecule has 21 heavy (non-hydrogen) atoms. The Balaban J connectivity index is 2.04. The van der Waals surface area contributed by atoms with Crippen LogP contribution in [0.2, 0.25) is 0 Å². The highest BCUT2D eigenvalue weighted by atomic mass is 16.5. The minimum absolute atomic E-state index is 0.0267. The number of para-hydroxylation sites is 1. The van der Waals surface area contributed by atoms with Crippen LogP contribution in [-0.2, 0) is 6.54 Å². The summed E-state index contributed by atoms with van der Waals surface area (Å²) in [6.45, 7) is 3.43. The molecule has 0 aliphatic carbocycles. The van der Waals surface area contributed by atoms with E-state index in [1.165, 1.54) is 6.07 Å². The summed E-state index contributed by atoms with van der Waals surface area (Å²) in [5, 5.41) is 17.7. The summed E-state index contributed by atoms with van der Waals surface area (Å²) >= 11 is 0. The van der Waals surface area contributed by atoms with Crippen LogP contribution in [0.5, 0.6) is 0 Å². The van der Waals surface area contributed by atoms with Crippen LogP contribution in [0.3, 0.4) is 0 Å². The van der Waals surface area contributed by atoms with Gasteiger partial charge in [-0.3, -0.25) is 0 Å². The maximum atomic E-state index is 11.8. The predicted octanol–water partition coefficient (Wildman–Crippen LogP) is 1.71. The summed E-state index contributed by atoms with van der Waals surface area (Å²) in [4.78, 5) is 26.9. The van der Waals surface area contributed by atoms with E-state index in [0.717, 1.165) is 0 Å². The maximum Gasteiger partial charge on any atom is 0.337 e. The standard InChI is InChI=1S/C13H14N4O4/c1-7-4-3-5-9(12(18)19)11(7)16-13(20)14-6-10-15-8(2)17-21-10/h3-5H,6H2,1-2H3,(H,18,19)(H2,14,16,20). The van der Waals surface area contributed by atoms with Gasteiger partial charge in [0.25, 0.3) is 0 Å². The molecule has 0 aliphatic heterocycles. The van der Waals surface area contributed by atoms with Crippen molar-refractivity contribution in [2.24, 2.45) is 0 Å². The van der Waals surface area contributed by atoms with Gasteiger partial charge in [-0.1, -0.05) is 17.3 Å². The summed E-state index contributed by atoms with van der Waals surface area (Å²) in [5.41, 5.74) is 0.932. The lowest BCUT2D eigenvalue weighted by molar-refractivity contribution is 0.0698. The molecule has 0 spiro atoms. The van der Waals surface area contributed by atoms with Crippen molar-refractivity contribution < 1.29 is 19.2 Å². The number of anilines is 1. The molecule has 1 aromatic heterocycles. The number of carboxylic acids is 1. The Morgan fingerprint density at radius 3 is 2.71 bits per heavy atom. The van der Waals surface area contributed by atoms with Crippen molar-refractivity contribution in [1.29, 1.82) is 0 Å². The number of nitrogens with zero attached hydrogens (tertiary/aromatic N) is 2. The number of aromatic carboxylic acids is 1. The van der Waals surface area contributed by atoms with Crippen LogP contribution in [0.1, 0.15) is 27.6 Å². The molecule has 0 saturated carbocycles. The van der Waals surface area contributed by atoms with E-state index < -0.39 is 12.0 Å². The number of hydrogen-bond acceptors (Lipinski definition) is 5. The molecule has 8 heteroatoms. The number of rotatable bonds is 4. The second kappa shape index (κ2) is 6.04. The second-order valence-electron chi connectivity index (χ2n) is 4.35. The summed E-state index contributed by atoms with van der Waals surface area (Å²) in [5.74, 6) is -0.369. The van der Waals surface area contributed by atoms with E-state index in [1.54, 1.807) is 26.0 Å². The molecule has 110 valence electrons. The quantitative estimate of drug-likeness (QED) is 0.789. The van der Waals surface area contributed by atoms with Crippen molar-refractivity contribution in [2.45, 2.75) is 20.4 Å². The maximum absolute atomic E-state index is 11.8. The highest BCUT2D eigenvalue weighted by Crippen LogP contribution is 2.20. The lowest BCUT2D eigenvalue weighted by atomic mass is 10.1. The number of carbonyl (C=O) groups is 2. The van der Waals surface area contributed by atoms with Crippen molar-refractivity contribution in [3.63, 3.8) is 0 Å². The molecule has 0 unspecified atom stereocenters. The third-order valence-corrected chi connectivity index (χ3v) is 2.71. The predicted molar refractivity (Wildman–Crippen MR) is 73.0 cm³/mol. The highest BCUT2D eigenvalue weighted by molar-refractivity contribution is 6.00. The smallest absolute Gasteiger partial charge is 0.337 e. The highest BCUT2D eigenvalue weighted by Gasteiger charge is 2.14. The molecule has 0 fully saturated rings. The van der Waals surface area contributed by atoms with Gasteiger partial charge in [-0.05, 0) is 25.5 Å². The molecule has 0 aliphatic rings. The fourth-order valence-corrected chi connectivity index (χ4v) is 1.74. The van der Waals surface area contributed by atoms with E-state index in [4.69, 9.17) is 9.63 Å². The van der Waals surface area contributed by atoms with Gasteiger partial charge in [0, 0.05) is 0 Å². The van der Waals surface area contributed by atoms with Gasteiger partial charge in [0.1, 0.15) is 0 Å². The average Bonchev–Trinajstić information content (AvgIpc) is 2.84. The third kappa shape index (κ3) is 3.56. The Kier molecular flexibility index (Phi) is 4.17. The van der Waals surface area contributed by atoms with Crippen molar-refractivity contribution in [3.8, 4) is 0 Å². The molecule has 2 amide bonds. The van der Waals surface area contributed by atoms with Crippen LogP contribution in [-0.4, -0.2) is 27.2 Å². The van der Waals surface area contributed by atoms with Crippen LogP contribution >= 0.6 is 0 Å². The van der Waals surface area contributed by atoms with Gasteiger partial charge < -0.3 is 20.3 Å². The summed E-state index contributed by atoms with van der Waals surface area (Å²) < 4.78 is 4.85.